The summed E-state index contributed by atoms with van der Waals surface area (Å²) in [6.45, 7) is 4.01. The van der Waals surface area contributed by atoms with Gasteiger partial charge in [0.05, 0.1) is 16.6 Å². The van der Waals surface area contributed by atoms with Crippen LogP contribution in [0.5, 0.6) is 0 Å². The summed E-state index contributed by atoms with van der Waals surface area (Å²) in [5.74, 6) is 0.794. The van der Waals surface area contributed by atoms with Crippen molar-refractivity contribution >= 4 is 10.9 Å². The Balaban J connectivity index is 2.44. The molecule has 0 aliphatic heterocycles. The average Bonchev–Trinajstić information content (AvgIpc) is 2.49. The van der Waals surface area contributed by atoms with E-state index in [-0.39, 0.29) is 5.56 Å². The van der Waals surface area contributed by atoms with Crippen molar-refractivity contribution in [3.63, 3.8) is 0 Å². The first-order valence-corrected chi connectivity index (χ1v) is 6.79. The number of para-hydroxylation sites is 2. The molecule has 3 rings (SSSR count). The third kappa shape index (κ3) is 1.92. The molecule has 3 aromatic rings. The smallest absolute Gasteiger partial charge is 0.265 e. The summed E-state index contributed by atoms with van der Waals surface area (Å²) in [6, 6.07) is 15.4. The molecule has 0 aliphatic rings. The predicted octanol–water partition coefficient (Wildman–Crippen LogP) is 3.26. The van der Waals surface area contributed by atoms with Crippen LogP contribution >= 0.6 is 0 Å². The lowest BCUT2D eigenvalue weighted by molar-refractivity contribution is 0.832. The Bertz CT molecular complexity index is 820. The SMILES string of the molecule is CCc1nc2c(C)cccc2c(=O)n1-c1ccccc1. The fraction of sp³-hybridized carbons (Fsp3) is 0.176. The summed E-state index contributed by atoms with van der Waals surface area (Å²) in [6.07, 6.45) is 0.717. The van der Waals surface area contributed by atoms with Crippen LogP contribution in [0.15, 0.2) is 53.3 Å². The lowest BCUT2D eigenvalue weighted by Crippen LogP contribution is -2.23. The molecule has 0 spiro atoms. The molecule has 2 aromatic carbocycles. The minimum Gasteiger partial charge on any atom is -0.268 e. The lowest BCUT2D eigenvalue weighted by atomic mass is 10.1. The van der Waals surface area contributed by atoms with Crippen LogP contribution in [-0.2, 0) is 6.42 Å². The van der Waals surface area contributed by atoms with Crippen LogP contribution in [0.25, 0.3) is 16.6 Å². The molecule has 0 saturated carbocycles. The molecule has 100 valence electrons. The maximum Gasteiger partial charge on any atom is 0.265 e. The fourth-order valence-electron chi connectivity index (χ4n) is 2.48. The number of rotatable bonds is 2. The van der Waals surface area contributed by atoms with E-state index in [2.05, 4.69) is 0 Å². The predicted molar refractivity (Wildman–Crippen MR) is 81.5 cm³/mol. The van der Waals surface area contributed by atoms with E-state index in [4.69, 9.17) is 4.98 Å². The largest absolute Gasteiger partial charge is 0.268 e. The highest BCUT2D eigenvalue weighted by molar-refractivity contribution is 5.81. The number of hydrogen-bond acceptors (Lipinski definition) is 2. The van der Waals surface area contributed by atoms with Crippen LogP contribution in [0.4, 0.5) is 0 Å². The second-order valence-corrected chi connectivity index (χ2v) is 4.83. The summed E-state index contributed by atoms with van der Waals surface area (Å²) in [5, 5.41) is 0.672. The van der Waals surface area contributed by atoms with Crippen molar-refractivity contribution in [3.05, 3.63) is 70.3 Å². The van der Waals surface area contributed by atoms with Crippen molar-refractivity contribution in [2.75, 3.05) is 0 Å². The summed E-state index contributed by atoms with van der Waals surface area (Å²) in [7, 11) is 0. The Morgan fingerprint density at radius 2 is 1.80 bits per heavy atom. The second kappa shape index (κ2) is 4.93. The summed E-state index contributed by atoms with van der Waals surface area (Å²) in [5.41, 5.74) is 2.71. The number of aryl methyl sites for hydroxylation is 2. The van der Waals surface area contributed by atoms with Crippen LogP contribution in [0, 0.1) is 6.92 Å². The molecular weight excluding hydrogens is 248 g/mol. The van der Waals surface area contributed by atoms with E-state index in [0.29, 0.717) is 11.8 Å². The zero-order valence-corrected chi connectivity index (χ0v) is 11.6. The molecule has 0 fully saturated rings. The monoisotopic (exact) mass is 264 g/mol. The van der Waals surface area contributed by atoms with Crippen molar-refractivity contribution in [2.24, 2.45) is 0 Å². The quantitative estimate of drug-likeness (QED) is 0.712. The van der Waals surface area contributed by atoms with Gasteiger partial charge in [-0.25, -0.2) is 4.98 Å². The zero-order valence-electron chi connectivity index (χ0n) is 11.6. The maximum atomic E-state index is 12.8. The van der Waals surface area contributed by atoms with Gasteiger partial charge in [-0.3, -0.25) is 9.36 Å². The standard InChI is InChI=1S/C17H16N2O/c1-3-15-18-16-12(2)8-7-11-14(16)17(20)19(15)13-9-5-4-6-10-13/h4-11H,3H2,1-2H3. The van der Waals surface area contributed by atoms with Gasteiger partial charge in [0.25, 0.3) is 5.56 Å². The van der Waals surface area contributed by atoms with Gasteiger partial charge in [0, 0.05) is 6.42 Å². The van der Waals surface area contributed by atoms with Gasteiger partial charge in [0.1, 0.15) is 5.82 Å². The van der Waals surface area contributed by atoms with E-state index in [1.165, 1.54) is 0 Å². The molecule has 0 aliphatic carbocycles. The normalized spacial score (nSPS) is 10.9. The van der Waals surface area contributed by atoms with Crippen LogP contribution in [0.2, 0.25) is 0 Å². The highest BCUT2D eigenvalue weighted by Gasteiger charge is 2.12. The van der Waals surface area contributed by atoms with Gasteiger partial charge in [-0.1, -0.05) is 37.3 Å². The van der Waals surface area contributed by atoms with E-state index in [0.717, 1.165) is 22.6 Å². The fourth-order valence-corrected chi connectivity index (χ4v) is 2.48. The Morgan fingerprint density at radius 1 is 1.05 bits per heavy atom. The molecule has 0 unspecified atom stereocenters. The first kappa shape index (κ1) is 12.6. The van der Waals surface area contributed by atoms with E-state index in [9.17, 15) is 4.79 Å². The van der Waals surface area contributed by atoms with Gasteiger partial charge in [0.15, 0.2) is 0 Å². The van der Waals surface area contributed by atoms with E-state index < -0.39 is 0 Å². The first-order chi connectivity index (χ1) is 9.72. The van der Waals surface area contributed by atoms with Gasteiger partial charge in [-0.2, -0.15) is 0 Å². The summed E-state index contributed by atoms with van der Waals surface area (Å²) in [4.78, 5) is 17.5. The van der Waals surface area contributed by atoms with Gasteiger partial charge in [-0.05, 0) is 30.7 Å². The molecular formula is C17H16N2O. The third-order valence-corrected chi connectivity index (χ3v) is 3.50. The number of benzene rings is 2. The molecule has 1 heterocycles. The number of aromatic nitrogens is 2. The van der Waals surface area contributed by atoms with E-state index >= 15 is 0 Å². The number of hydrogen-bond donors (Lipinski definition) is 0. The molecule has 0 N–H and O–H groups in total. The average molecular weight is 264 g/mol. The highest BCUT2D eigenvalue weighted by Crippen LogP contribution is 2.16. The Labute approximate surface area is 117 Å². The highest BCUT2D eigenvalue weighted by atomic mass is 16.1. The van der Waals surface area contributed by atoms with E-state index in [1.807, 2.05) is 62.4 Å². The minimum atomic E-state index is 0.00162. The Hall–Kier alpha value is -2.42. The van der Waals surface area contributed by atoms with Gasteiger partial charge in [0.2, 0.25) is 0 Å². The molecule has 0 bridgehead atoms. The lowest BCUT2D eigenvalue weighted by Gasteiger charge is -2.13. The van der Waals surface area contributed by atoms with E-state index in [1.54, 1.807) is 4.57 Å². The van der Waals surface area contributed by atoms with Gasteiger partial charge >= 0.3 is 0 Å². The van der Waals surface area contributed by atoms with Crippen LogP contribution in [0.1, 0.15) is 18.3 Å². The summed E-state index contributed by atoms with van der Waals surface area (Å²) >= 11 is 0. The van der Waals surface area contributed by atoms with Crippen molar-refractivity contribution in [2.45, 2.75) is 20.3 Å². The van der Waals surface area contributed by atoms with Crippen molar-refractivity contribution in [1.82, 2.24) is 9.55 Å². The Morgan fingerprint density at radius 3 is 2.50 bits per heavy atom. The maximum absolute atomic E-state index is 12.8. The first-order valence-electron chi connectivity index (χ1n) is 6.79. The molecule has 0 amide bonds. The minimum absolute atomic E-state index is 0.00162. The zero-order chi connectivity index (χ0) is 14.1. The number of fused-ring (bicyclic) bond motifs is 1. The van der Waals surface area contributed by atoms with Crippen molar-refractivity contribution < 1.29 is 0 Å². The Kier molecular flexibility index (Phi) is 3.11. The number of nitrogens with zero attached hydrogens (tertiary/aromatic N) is 2. The molecule has 20 heavy (non-hydrogen) atoms. The van der Waals surface area contributed by atoms with Crippen LogP contribution < -0.4 is 5.56 Å². The van der Waals surface area contributed by atoms with Gasteiger partial charge in [-0.15, -0.1) is 0 Å². The molecule has 3 heteroatoms. The third-order valence-electron chi connectivity index (χ3n) is 3.50. The van der Waals surface area contributed by atoms with Gasteiger partial charge < -0.3 is 0 Å². The van der Waals surface area contributed by atoms with Crippen molar-refractivity contribution in [1.29, 1.82) is 0 Å². The van der Waals surface area contributed by atoms with Crippen LogP contribution in [-0.4, -0.2) is 9.55 Å². The molecule has 0 radical (unpaired) electrons. The topological polar surface area (TPSA) is 34.9 Å². The summed E-state index contributed by atoms with van der Waals surface area (Å²) < 4.78 is 1.71. The second-order valence-electron chi connectivity index (χ2n) is 4.83. The molecule has 1 aromatic heterocycles. The van der Waals surface area contributed by atoms with Crippen LogP contribution in [0.3, 0.4) is 0 Å². The van der Waals surface area contributed by atoms with Crippen molar-refractivity contribution in [3.8, 4) is 5.69 Å². The molecule has 0 saturated heterocycles. The molecule has 0 atom stereocenters. The molecule has 3 nitrogen and oxygen atoms in total.